The molecule has 0 saturated carbocycles. The Morgan fingerprint density at radius 3 is 2.77 bits per heavy atom. The molecule has 3 rings (SSSR count). The van der Waals surface area contributed by atoms with E-state index in [-0.39, 0.29) is 5.97 Å². The second-order valence-corrected chi connectivity index (χ2v) is 9.74. The quantitative estimate of drug-likeness (QED) is 0.231. The maximum atomic E-state index is 12.6. The number of rotatable bonds is 7. The number of hydrogen-bond acceptors (Lipinski definition) is 5. The first kappa shape index (κ1) is 23.2. The van der Waals surface area contributed by atoms with Crippen molar-refractivity contribution in [1.82, 2.24) is 15.1 Å². The Hall–Kier alpha value is -1.45. The average Bonchev–Trinajstić information content (AvgIpc) is 3.05. The molecule has 30 heavy (non-hydrogen) atoms. The lowest BCUT2D eigenvalue weighted by molar-refractivity contribution is 0.0527. The van der Waals surface area contributed by atoms with Crippen LogP contribution in [-0.2, 0) is 24.1 Å². The van der Waals surface area contributed by atoms with Crippen molar-refractivity contribution >= 4 is 55.6 Å². The predicted octanol–water partition coefficient (Wildman–Crippen LogP) is 5.15. The van der Waals surface area contributed by atoms with Gasteiger partial charge >= 0.3 is 5.97 Å². The van der Waals surface area contributed by atoms with Crippen molar-refractivity contribution in [3.8, 4) is 0 Å². The second kappa shape index (κ2) is 10.7. The Morgan fingerprint density at radius 1 is 1.30 bits per heavy atom. The van der Waals surface area contributed by atoms with Crippen LogP contribution in [0.2, 0.25) is 0 Å². The van der Waals surface area contributed by atoms with Crippen molar-refractivity contribution in [2.24, 2.45) is 0 Å². The standard InChI is InChI=1S/C21H29BrN4O2S2/c1-4-28-20(27)17-15-9-6-5-7-10-16(15)30-19(17)24-21(29)23-11-8-12-26-14(3)18(22)13(2)25-26/h4-12H2,1-3H3,(H2,23,24,29). The maximum Gasteiger partial charge on any atom is 0.341 e. The van der Waals surface area contributed by atoms with E-state index in [1.807, 2.05) is 18.5 Å². The molecule has 0 spiro atoms. The van der Waals surface area contributed by atoms with Gasteiger partial charge in [-0.25, -0.2) is 4.79 Å². The van der Waals surface area contributed by atoms with Gasteiger partial charge in [0.05, 0.1) is 22.3 Å². The second-order valence-electron chi connectivity index (χ2n) is 7.43. The van der Waals surface area contributed by atoms with Gasteiger partial charge in [0.1, 0.15) is 5.00 Å². The number of hydrogen-bond donors (Lipinski definition) is 2. The Balaban J connectivity index is 1.60. The van der Waals surface area contributed by atoms with Crippen LogP contribution in [0.3, 0.4) is 0 Å². The lowest BCUT2D eigenvalue weighted by Gasteiger charge is -2.12. The van der Waals surface area contributed by atoms with Gasteiger partial charge in [-0.05, 0) is 86.6 Å². The fourth-order valence-corrected chi connectivity index (χ4v) is 5.56. The van der Waals surface area contributed by atoms with Crippen LogP contribution in [0.5, 0.6) is 0 Å². The molecule has 0 amide bonds. The fourth-order valence-electron chi connectivity index (χ4n) is 3.72. The first-order valence-electron chi connectivity index (χ1n) is 10.5. The van der Waals surface area contributed by atoms with E-state index >= 15 is 0 Å². The van der Waals surface area contributed by atoms with Crippen LogP contribution in [-0.4, -0.2) is 34.0 Å². The van der Waals surface area contributed by atoms with Crippen molar-refractivity contribution in [2.75, 3.05) is 18.5 Å². The molecule has 0 aromatic carbocycles. The molecular formula is C21H29BrN4O2S2. The first-order valence-corrected chi connectivity index (χ1v) is 12.5. The van der Waals surface area contributed by atoms with Crippen molar-refractivity contribution in [3.05, 3.63) is 31.9 Å². The summed E-state index contributed by atoms with van der Waals surface area (Å²) in [6, 6.07) is 0. The van der Waals surface area contributed by atoms with Gasteiger partial charge in [0.25, 0.3) is 0 Å². The number of ether oxygens (including phenoxy) is 1. The van der Waals surface area contributed by atoms with Gasteiger partial charge in [-0.1, -0.05) is 6.42 Å². The van der Waals surface area contributed by atoms with Crippen molar-refractivity contribution < 1.29 is 9.53 Å². The van der Waals surface area contributed by atoms with Crippen LogP contribution >= 0.6 is 39.5 Å². The van der Waals surface area contributed by atoms with E-state index in [1.165, 1.54) is 17.7 Å². The van der Waals surface area contributed by atoms with Gasteiger partial charge < -0.3 is 15.4 Å². The summed E-state index contributed by atoms with van der Waals surface area (Å²) in [4.78, 5) is 13.9. The molecule has 2 heterocycles. The molecule has 1 aliphatic rings. The van der Waals surface area contributed by atoms with Gasteiger partial charge in [-0.2, -0.15) is 5.10 Å². The van der Waals surface area contributed by atoms with Crippen molar-refractivity contribution in [1.29, 1.82) is 0 Å². The van der Waals surface area contributed by atoms with Crippen LogP contribution in [0.15, 0.2) is 4.47 Å². The first-order chi connectivity index (χ1) is 14.4. The lowest BCUT2D eigenvalue weighted by Crippen LogP contribution is -2.30. The van der Waals surface area contributed by atoms with Crippen molar-refractivity contribution in [2.45, 2.75) is 65.8 Å². The summed E-state index contributed by atoms with van der Waals surface area (Å²) >= 11 is 10.7. The van der Waals surface area contributed by atoms with Crippen LogP contribution in [0.25, 0.3) is 0 Å². The Morgan fingerprint density at radius 2 is 2.07 bits per heavy atom. The number of thiocarbonyl (C=S) groups is 1. The minimum absolute atomic E-state index is 0.252. The SMILES string of the molecule is CCOC(=O)c1c(NC(=S)NCCCn2nc(C)c(Br)c2C)sc2c1CCCCC2. The minimum atomic E-state index is -0.252. The minimum Gasteiger partial charge on any atom is -0.462 e. The summed E-state index contributed by atoms with van der Waals surface area (Å²) in [5.74, 6) is -0.252. The summed E-state index contributed by atoms with van der Waals surface area (Å²) < 4.78 is 8.41. The van der Waals surface area contributed by atoms with E-state index < -0.39 is 0 Å². The third-order valence-electron chi connectivity index (χ3n) is 5.25. The Kier molecular flexibility index (Phi) is 8.30. The van der Waals surface area contributed by atoms with E-state index in [0.29, 0.717) is 17.3 Å². The van der Waals surface area contributed by atoms with Crippen LogP contribution in [0.1, 0.15) is 64.8 Å². The number of esters is 1. The number of nitrogens with zero attached hydrogens (tertiary/aromatic N) is 2. The monoisotopic (exact) mass is 512 g/mol. The summed E-state index contributed by atoms with van der Waals surface area (Å²) in [6.07, 6.45) is 6.33. The number of aryl methyl sites for hydroxylation is 3. The number of anilines is 1. The highest BCUT2D eigenvalue weighted by atomic mass is 79.9. The number of carbonyl (C=O) groups is 1. The topological polar surface area (TPSA) is 68.2 Å². The number of aromatic nitrogens is 2. The largest absolute Gasteiger partial charge is 0.462 e. The molecule has 0 saturated heterocycles. The van der Waals surface area contributed by atoms with Gasteiger partial charge in [0, 0.05) is 23.7 Å². The zero-order chi connectivity index (χ0) is 21.7. The molecule has 2 aromatic heterocycles. The number of nitrogens with one attached hydrogen (secondary N) is 2. The van der Waals surface area contributed by atoms with Gasteiger partial charge in [0.15, 0.2) is 5.11 Å². The van der Waals surface area contributed by atoms with Crippen LogP contribution in [0.4, 0.5) is 5.00 Å². The third-order valence-corrected chi connectivity index (χ3v) is 7.85. The Labute approximate surface area is 195 Å². The lowest BCUT2D eigenvalue weighted by atomic mass is 10.1. The summed E-state index contributed by atoms with van der Waals surface area (Å²) in [5.41, 5.74) is 3.96. The number of fused-ring (bicyclic) bond motifs is 1. The summed E-state index contributed by atoms with van der Waals surface area (Å²) in [7, 11) is 0. The molecule has 1 aliphatic carbocycles. The maximum absolute atomic E-state index is 12.6. The number of halogens is 1. The molecule has 6 nitrogen and oxygen atoms in total. The van der Waals surface area contributed by atoms with Gasteiger partial charge in [-0.3, -0.25) is 4.68 Å². The zero-order valence-electron chi connectivity index (χ0n) is 17.8. The van der Waals surface area contributed by atoms with E-state index in [1.54, 1.807) is 11.3 Å². The fraction of sp³-hybridized carbons (Fsp3) is 0.571. The molecule has 0 unspecified atom stereocenters. The molecule has 2 aromatic rings. The number of carbonyl (C=O) groups excluding carboxylic acids is 1. The molecule has 9 heteroatoms. The van der Waals surface area contributed by atoms with Crippen LogP contribution in [0, 0.1) is 13.8 Å². The van der Waals surface area contributed by atoms with E-state index in [0.717, 1.165) is 65.2 Å². The molecule has 164 valence electrons. The number of thiophene rings is 1. The van der Waals surface area contributed by atoms with E-state index in [2.05, 4.69) is 38.6 Å². The summed E-state index contributed by atoms with van der Waals surface area (Å²) in [6.45, 7) is 7.80. The van der Waals surface area contributed by atoms with Gasteiger partial charge in [0.2, 0.25) is 0 Å². The van der Waals surface area contributed by atoms with E-state index in [9.17, 15) is 4.79 Å². The molecule has 0 bridgehead atoms. The Bertz CT molecular complexity index is 923. The third kappa shape index (κ3) is 5.42. The molecular weight excluding hydrogens is 484 g/mol. The molecule has 0 atom stereocenters. The van der Waals surface area contributed by atoms with Crippen molar-refractivity contribution in [3.63, 3.8) is 0 Å². The molecule has 0 radical (unpaired) electrons. The molecule has 0 aliphatic heterocycles. The smallest absolute Gasteiger partial charge is 0.341 e. The van der Waals surface area contributed by atoms with Crippen LogP contribution < -0.4 is 10.6 Å². The predicted molar refractivity (Wildman–Crippen MR) is 130 cm³/mol. The van der Waals surface area contributed by atoms with E-state index in [4.69, 9.17) is 17.0 Å². The normalized spacial score (nSPS) is 13.5. The van der Waals surface area contributed by atoms with Gasteiger partial charge in [-0.15, -0.1) is 11.3 Å². The highest BCUT2D eigenvalue weighted by molar-refractivity contribution is 9.10. The molecule has 0 fully saturated rings. The molecule has 2 N–H and O–H groups in total. The highest BCUT2D eigenvalue weighted by Crippen LogP contribution is 2.38. The average molecular weight is 514 g/mol. The summed E-state index contributed by atoms with van der Waals surface area (Å²) in [5, 5.41) is 12.4. The zero-order valence-corrected chi connectivity index (χ0v) is 21.0. The highest BCUT2D eigenvalue weighted by Gasteiger charge is 2.26.